The second-order valence-electron chi connectivity index (χ2n) is 7.88. The van der Waals surface area contributed by atoms with Crippen molar-refractivity contribution >= 4 is 29.0 Å². The fourth-order valence-electron chi connectivity index (χ4n) is 3.77. The molecule has 1 N–H and O–H groups in total. The van der Waals surface area contributed by atoms with E-state index in [1.54, 1.807) is 0 Å². The lowest BCUT2D eigenvalue weighted by atomic mass is 9.96. The molecule has 30 heavy (non-hydrogen) atoms. The first-order chi connectivity index (χ1) is 14.5. The van der Waals surface area contributed by atoms with E-state index in [-0.39, 0.29) is 11.8 Å². The molecule has 0 bridgehead atoms. The number of rotatable bonds is 4. The van der Waals surface area contributed by atoms with E-state index in [1.807, 2.05) is 62.4 Å². The average Bonchev–Trinajstić information content (AvgIpc) is 2.77. The molecular weight excluding hydrogens is 396 g/mol. The third-order valence-corrected chi connectivity index (χ3v) is 5.81. The van der Waals surface area contributed by atoms with Gasteiger partial charge in [0.05, 0.1) is 11.6 Å². The van der Waals surface area contributed by atoms with Crippen LogP contribution in [0.4, 0.5) is 11.5 Å². The summed E-state index contributed by atoms with van der Waals surface area (Å²) in [6.07, 6.45) is 1.83. The summed E-state index contributed by atoms with van der Waals surface area (Å²) in [7, 11) is 0. The molecule has 0 spiro atoms. The average molecular weight is 421 g/mol. The third kappa shape index (κ3) is 4.62. The molecule has 0 radical (unpaired) electrons. The Balaban J connectivity index is 1.43. The molecule has 1 fully saturated rings. The zero-order valence-electron chi connectivity index (χ0n) is 17.2. The van der Waals surface area contributed by atoms with Crippen LogP contribution in [-0.2, 0) is 4.79 Å². The molecule has 4 rings (SSSR count). The maximum Gasteiger partial charge on any atom is 0.229 e. The minimum atomic E-state index is -0.0728. The molecule has 1 amide bonds. The van der Waals surface area contributed by atoms with Crippen molar-refractivity contribution in [2.45, 2.75) is 26.7 Å². The van der Waals surface area contributed by atoms with Gasteiger partial charge in [-0.25, -0.2) is 0 Å². The van der Waals surface area contributed by atoms with Gasteiger partial charge >= 0.3 is 0 Å². The number of hydrogen-bond acceptors (Lipinski definition) is 4. The third-order valence-electron chi connectivity index (χ3n) is 5.56. The minimum Gasteiger partial charge on any atom is -0.354 e. The highest BCUT2D eigenvalue weighted by molar-refractivity contribution is 6.30. The number of benzene rings is 2. The van der Waals surface area contributed by atoms with Crippen molar-refractivity contribution < 1.29 is 4.79 Å². The lowest BCUT2D eigenvalue weighted by molar-refractivity contribution is -0.120. The number of anilines is 2. The van der Waals surface area contributed by atoms with Crippen LogP contribution in [0.1, 0.15) is 24.0 Å². The summed E-state index contributed by atoms with van der Waals surface area (Å²) in [5.74, 6) is 0.799. The first-order valence-electron chi connectivity index (χ1n) is 10.2. The van der Waals surface area contributed by atoms with E-state index in [0.717, 1.165) is 53.3 Å². The van der Waals surface area contributed by atoms with Crippen LogP contribution in [0.15, 0.2) is 54.6 Å². The van der Waals surface area contributed by atoms with Crippen molar-refractivity contribution in [1.82, 2.24) is 10.2 Å². The van der Waals surface area contributed by atoms with E-state index >= 15 is 0 Å². The number of nitrogens with zero attached hydrogens (tertiary/aromatic N) is 3. The van der Waals surface area contributed by atoms with Crippen molar-refractivity contribution in [3.63, 3.8) is 0 Å². The Morgan fingerprint density at radius 3 is 2.60 bits per heavy atom. The van der Waals surface area contributed by atoms with Gasteiger partial charge in [-0.1, -0.05) is 35.9 Å². The molecule has 1 aromatic heterocycles. The molecule has 154 valence electrons. The predicted molar refractivity (Wildman–Crippen MR) is 122 cm³/mol. The fraction of sp³-hybridized carbons (Fsp3) is 0.292. The van der Waals surface area contributed by atoms with Gasteiger partial charge in [-0.2, -0.15) is 0 Å². The van der Waals surface area contributed by atoms with Crippen LogP contribution in [-0.4, -0.2) is 29.2 Å². The quantitative estimate of drug-likeness (QED) is 0.624. The summed E-state index contributed by atoms with van der Waals surface area (Å²) in [5.41, 5.74) is 4.88. The number of nitrogens with one attached hydrogen (secondary N) is 1. The molecule has 3 aromatic rings. The Hall–Kier alpha value is -2.92. The van der Waals surface area contributed by atoms with Gasteiger partial charge in [0, 0.05) is 29.4 Å². The largest absolute Gasteiger partial charge is 0.354 e. The summed E-state index contributed by atoms with van der Waals surface area (Å²) >= 11 is 5.96. The molecule has 0 aliphatic carbocycles. The van der Waals surface area contributed by atoms with Crippen molar-refractivity contribution in [3.8, 4) is 11.3 Å². The highest BCUT2D eigenvalue weighted by Gasteiger charge is 2.27. The van der Waals surface area contributed by atoms with Gasteiger partial charge < -0.3 is 10.2 Å². The smallest absolute Gasteiger partial charge is 0.229 e. The van der Waals surface area contributed by atoms with Crippen LogP contribution in [0.5, 0.6) is 0 Å². The maximum absolute atomic E-state index is 12.9. The molecule has 2 aromatic carbocycles. The Bertz CT molecular complexity index is 1030. The molecule has 0 saturated carbocycles. The Labute approximate surface area is 182 Å². The first-order valence-corrected chi connectivity index (χ1v) is 10.6. The van der Waals surface area contributed by atoms with Crippen LogP contribution in [0, 0.1) is 19.8 Å². The SMILES string of the molecule is Cc1ccc(C)c(NC(=O)C2CCCN(c3ccc(-c4ccc(Cl)cc4)nn3)C2)c1. The predicted octanol–water partition coefficient (Wildman–Crippen LogP) is 5.27. The number of aromatic nitrogens is 2. The van der Waals surface area contributed by atoms with Gasteiger partial charge in [0.2, 0.25) is 5.91 Å². The standard InChI is InChI=1S/C24H25ClN4O/c1-16-5-6-17(2)22(14-16)26-24(30)19-4-3-13-29(15-19)23-12-11-21(27-28-23)18-7-9-20(25)10-8-18/h5-12,14,19H,3-4,13,15H2,1-2H3,(H,26,30). The van der Waals surface area contributed by atoms with Gasteiger partial charge in [-0.05, 0) is 68.1 Å². The minimum absolute atomic E-state index is 0.0687. The topological polar surface area (TPSA) is 58.1 Å². The molecule has 2 heterocycles. The highest BCUT2D eigenvalue weighted by Crippen LogP contribution is 2.25. The maximum atomic E-state index is 12.9. The molecule has 1 saturated heterocycles. The van der Waals surface area contributed by atoms with Crippen molar-refractivity contribution in [1.29, 1.82) is 0 Å². The van der Waals surface area contributed by atoms with Crippen molar-refractivity contribution in [2.24, 2.45) is 5.92 Å². The molecule has 1 aliphatic heterocycles. The first kappa shape index (κ1) is 20.4. The molecular formula is C24H25ClN4O. The summed E-state index contributed by atoms with van der Waals surface area (Å²) in [6.45, 7) is 5.57. The Morgan fingerprint density at radius 1 is 1.07 bits per heavy atom. The lowest BCUT2D eigenvalue weighted by Gasteiger charge is -2.32. The van der Waals surface area contributed by atoms with Gasteiger partial charge in [0.25, 0.3) is 0 Å². The van der Waals surface area contributed by atoms with Crippen LogP contribution in [0.2, 0.25) is 5.02 Å². The monoisotopic (exact) mass is 420 g/mol. The molecule has 1 unspecified atom stereocenters. The number of aryl methyl sites for hydroxylation is 2. The molecule has 5 nitrogen and oxygen atoms in total. The van der Waals surface area contributed by atoms with Crippen molar-refractivity contribution in [3.05, 3.63) is 70.7 Å². The van der Waals surface area contributed by atoms with Gasteiger partial charge in [-0.3, -0.25) is 4.79 Å². The summed E-state index contributed by atoms with van der Waals surface area (Å²) in [6, 6.07) is 17.6. The molecule has 1 aliphatic rings. The van der Waals surface area contributed by atoms with Gasteiger partial charge in [0.15, 0.2) is 5.82 Å². The zero-order valence-corrected chi connectivity index (χ0v) is 18.0. The summed E-state index contributed by atoms with van der Waals surface area (Å²) in [4.78, 5) is 15.0. The van der Waals surface area contributed by atoms with E-state index in [1.165, 1.54) is 0 Å². The van der Waals surface area contributed by atoms with Crippen LogP contribution in [0.25, 0.3) is 11.3 Å². The number of piperidine rings is 1. The summed E-state index contributed by atoms with van der Waals surface area (Å²) in [5, 5.41) is 12.6. The van der Waals surface area contributed by atoms with E-state index in [2.05, 4.69) is 26.5 Å². The number of halogens is 1. The molecule has 6 heteroatoms. The zero-order chi connectivity index (χ0) is 21.1. The van der Waals surface area contributed by atoms with E-state index in [0.29, 0.717) is 11.6 Å². The van der Waals surface area contributed by atoms with Crippen LogP contribution in [0.3, 0.4) is 0 Å². The number of carbonyl (C=O) groups is 1. The van der Waals surface area contributed by atoms with Gasteiger partial charge in [0.1, 0.15) is 0 Å². The van der Waals surface area contributed by atoms with Crippen LogP contribution >= 0.6 is 11.6 Å². The number of hydrogen-bond donors (Lipinski definition) is 1. The van der Waals surface area contributed by atoms with Crippen molar-refractivity contribution in [2.75, 3.05) is 23.3 Å². The number of amides is 1. The normalized spacial score (nSPS) is 16.4. The Kier molecular flexibility index (Phi) is 6.00. The summed E-state index contributed by atoms with van der Waals surface area (Å²) < 4.78 is 0. The highest BCUT2D eigenvalue weighted by atomic mass is 35.5. The number of carbonyl (C=O) groups excluding carboxylic acids is 1. The molecule has 1 atom stereocenters. The van der Waals surface area contributed by atoms with E-state index < -0.39 is 0 Å². The van der Waals surface area contributed by atoms with E-state index in [9.17, 15) is 4.79 Å². The lowest BCUT2D eigenvalue weighted by Crippen LogP contribution is -2.41. The van der Waals surface area contributed by atoms with Gasteiger partial charge in [-0.15, -0.1) is 10.2 Å². The fourth-order valence-corrected chi connectivity index (χ4v) is 3.90. The van der Waals surface area contributed by atoms with Crippen LogP contribution < -0.4 is 10.2 Å². The van der Waals surface area contributed by atoms with E-state index in [4.69, 9.17) is 11.6 Å². The Morgan fingerprint density at radius 2 is 1.87 bits per heavy atom. The second kappa shape index (κ2) is 8.84. The second-order valence-corrected chi connectivity index (χ2v) is 8.31.